The maximum atomic E-state index is 7.25. The molecular formula is C9H12Cl2N2Zr. The van der Waals surface area contributed by atoms with Crippen LogP contribution in [0.15, 0.2) is 18.2 Å². The Hall–Kier alpha value is 0.153. The fourth-order valence-corrected chi connectivity index (χ4v) is 1.04. The Kier molecular flexibility index (Phi) is 11.9. The number of halogens is 2. The normalized spacial score (nSPS) is 7.57. The molecule has 0 atom stereocenters. The molecule has 0 unspecified atom stereocenters. The van der Waals surface area contributed by atoms with Crippen molar-refractivity contribution in [3.05, 3.63) is 34.9 Å². The van der Waals surface area contributed by atoms with E-state index in [0.717, 1.165) is 11.1 Å². The van der Waals surface area contributed by atoms with Crippen LogP contribution in [-0.4, -0.2) is 5.84 Å². The predicted octanol–water partition coefficient (Wildman–Crippen LogP) is -4.41. The molecule has 0 aromatic heterocycles. The van der Waals surface area contributed by atoms with E-state index in [1.807, 2.05) is 32.0 Å². The molecule has 14 heavy (non-hydrogen) atoms. The van der Waals surface area contributed by atoms with E-state index in [0.29, 0.717) is 0 Å². The maximum Gasteiger partial charge on any atom is 2.00 e. The first-order valence-electron chi connectivity index (χ1n) is 3.53. The van der Waals surface area contributed by atoms with Crippen molar-refractivity contribution in [2.24, 2.45) is 5.73 Å². The molecule has 0 amide bonds. The Bertz CT molecular complexity index is 303. The zero-order valence-corrected chi connectivity index (χ0v) is 12.0. The summed E-state index contributed by atoms with van der Waals surface area (Å²) in [5.74, 6) is 0.145. The van der Waals surface area contributed by atoms with Gasteiger partial charge in [0, 0.05) is 5.56 Å². The minimum absolute atomic E-state index is 0. The van der Waals surface area contributed by atoms with Gasteiger partial charge in [-0.3, -0.25) is 5.41 Å². The molecule has 1 aromatic carbocycles. The minimum atomic E-state index is 0. The Morgan fingerprint density at radius 1 is 1.21 bits per heavy atom. The molecular weight excluding hydrogens is 298 g/mol. The van der Waals surface area contributed by atoms with Crippen LogP contribution in [-0.2, 0) is 26.2 Å². The molecule has 0 radical (unpaired) electrons. The predicted molar refractivity (Wildman–Crippen MR) is 46.9 cm³/mol. The van der Waals surface area contributed by atoms with Crippen LogP contribution in [0.2, 0.25) is 0 Å². The van der Waals surface area contributed by atoms with Crippen molar-refractivity contribution < 1.29 is 51.0 Å². The first-order chi connectivity index (χ1) is 5.13. The molecule has 2 nitrogen and oxygen atoms in total. The number of rotatable bonds is 1. The smallest absolute Gasteiger partial charge is 1.00 e. The Morgan fingerprint density at radius 3 is 2.07 bits per heavy atom. The summed E-state index contributed by atoms with van der Waals surface area (Å²) in [5.41, 5.74) is 8.48. The van der Waals surface area contributed by atoms with Gasteiger partial charge in [-0.2, -0.15) is 0 Å². The van der Waals surface area contributed by atoms with E-state index < -0.39 is 0 Å². The maximum absolute atomic E-state index is 7.25. The van der Waals surface area contributed by atoms with Gasteiger partial charge < -0.3 is 30.5 Å². The molecule has 0 saturated carbocycles. The molecule has 0 fully saturated rings. The largest absolute Gasteiger partial charge is 2.00 e. The van der Waals surface area contributed by atoms with Gasteiger partial charge in [-0.05, 0) is 25.0 Å². The zero-order chi connectivity index (χ0) is 8.43. The summed E-state index contributed by atoms with van der Waals surface area (Å²) in [5, 5.41) is 7.25. The molecule has 1 rings (SSSR count). The van der Waals surface area contributed by atoms with Gasteiger partial charge in [0.2, 0.25) is 0 Å². The fraction of sp³-hybridized carbons (Fsp3) is 0.222. The summed E-state index contributed by atoms with van der Waals surface area (Å²) >= 11 is 0. The number of hydrogen-bond acceptors (Lipinski definition) is 1. The molecule has 0 heterocycles. The summed E-state index contributed by atoms with van der Waals surface area (Å²) in [4.78, 5) is 0. The second-order valence-electron chi connectivity index (χ2n) is 2.66. The van der Waals surface area contributed by atoms with Gasteiger partial charge in [0.25, 0.3) is 0 Å². The van der Waals surface area contributed by atoms with Gasteiger partial charge in [-0.15, -0.1) is 0 Å². The topological polar surface area (TPSA) is 49.9 Å². The number of hydrogen-bond donors (Lipinski definition) is 2. The number of nitrogens with one attached hydrogen (secondary N) is 1. The average molecular weight is 310 g/mol. The van der Waals surface area contributed by atoms with Gasteiger partial charge in [0.1, 0.15) is 5.84 Å². The summed E-state index contributed by atoms with van der Waals surface area (Å²) in [7, 11) is 0. The van der Waals surface area contributed by atoms with Crippen molar-refractivity contribution in [2.45, 2.75) is 13.8 Å². The van der Waals surface area contributed by atoms with Crippen LogP contribution in [0.3, 0.4) is 0 Å². The van der Waals surface area contributed by atoms with E-state index in [-0.39, 0.29) is 56.9 Å². The molecule has 0 aliphatic carbocycles. The summed E-state index contributed by atoms with van der Waals surface area (Å²) in [6.45, 7) is 3.99. The third kappa shape index (κ3) is 4.59. The van der Waals surface area contributed by atoms with E-state index in [1.54, 1.807) is 0 Å². The van der Waals surface area contributed by atoms with Crippen molar-refractivity contribution in [1.82, 2.24) is 0 Å². The average Bonchev–Trinajstić information content (AvgIpc) is 1.94. The van der Waals surface area contributed by atoms with Crippen molar-refractivity contribution in [3.8, 4) is 0 Å². The summed E-state index contributed by atoms with van der Waals surface area (Å²) in [6, 6.07) is 5.80. The van der Waals surface area contributed by atoms with Gasteiger partial charge in [0.05, 0.1) is 0 Å². The minimum Gasteiger partial charge on any atom is -1.00 e. The first-order valence-corrected chi connectivity index (χ1v) is 3.53. The number of aryl methyl sites for hydroxylation is 1. The molecule has 0 aliphatic rings. The molecule has 0 saturated heterocycles. The number of amidine groups is 1. The number of nitrogen functional groups attached to an aromatic ring is 1. The van der Waals surface area contributed by atoms with Crippen molar-refractivity contribution in [3.63, 3.8) is 0 Å². The van der Waals surface area contributed by atoms with Crippen LogP contribution in [0.1, 0.15) is 16.7 Å². The van der Waals surface area contributed by atoms with Crippen LogP contribution in [0, 0.1) is 19.3 Å². The molecule has 76 valence electrons. The standard InChI is InChI=1S/C9H12N2.2ClH.Zr/c1-6-4-3-5-8(7(6)2)9(10)11;;;/h3-5H,1-2H3,(H3,10,11);2*1H;/q;;;+2/p-2. The SMILES string of the molecule is Cc1cccc(C(=N)N)c1C.[Cl-].[Cl-].[Zr+2]. The Morgan fingerprint density at radius 2 is 1.71 bits per heavy atom. The molecule has 0 bridgehead atoms. The van der Waals surface area contributed by atoms with E-state index in [1.165, 1.54) is 5.56 Å². The van der Waals surface area contributed by atoms with Gasteiger partial charge >= 0.3 is 26.2 Å². The third-order valence-corrected chi connectivity index (χ3v) is 1.89. The molecule has 0 spiro atoms. The molecule has 3 N–H and O–H groups in total. The Labute approximate surface area is 116 Å². The van der Waals surface area contributed by atoms with E-state index >= 15 is 0 Å². The summed E-state index contributed by atoms with van der Waals surface area (Å²) in [6.07, 6.45) is 0. The van der Waals surface area contributed by atoms with E-state index in [9.17, 15) is 0 Å². The van der Waals surface area contributed by atoms with Gasteiger partial charge in [-0.25, -0.2) is 0 Å². The fourth-order valence-electron chi connectivity index (χ4n) is 1.04. The number of benzene rings is 1. The van der Waals surface area contributed by atoms with Crippen LogP contribution in [0.5, 0.6) is 0 Å². The van der Waals surface area contributed by atoms with Crippen molar-refractivity contribution in [1.29, 1.82) is 5.41 Å². The third-order valence-electron chi connectivity index (χ3n) is 1.89. The van der Waals surface area contributed by atoms with Crippen LogP contribution in [0.25, 0.3) is 0 Å². The molecule has 5 heteroatoms. The first kappa shape index (κ1) is 19.7. The molecule has 0 aliphatic heterocycles. The quantitative estimate of drug-likeness (QED) is 0.399. The van der Waals surface area contributed by atoms with Crippen LogP contribution < -0.4 is 30.5 Å². The zero-order valence-electron chi connectivity index (χ0n) is 8.07. The summed E-state index contributed by atoms with van der Waals surface area (Å²) < 4.78 is 0. The second-order valence-corrected chi connectivity index (χ2v) is 2.66. The number of nitrogens with two attached hydrogens (primary N) is 1. The van der Waals surface area contributed by atoms with E-state index in [2.05, 4.69) is 0 Å². The monoisotopic (exact) mass is 308 g/mol. The van der Waals surface area contributed by atoms with Crippen LogP contribution >= 0.6 is 0 Å². The van der Waals surface area contributed by atoms with Gasteiger partial charge in [-0.1, -0.05) is 18.2 Å². The van der Waals surface area contributed by atoms with Gasteiger partial charge in [0.15, 0.2) is 0 Å². The Balaban J connectivity index is -0.000000403. The molecule has 1 aromatic rings. The van der Waals surface area contributed by atoms with Crippen molar-refractivity contribution in [2.75, 3.05) is 0 Å². The second kappa shape index (κ2) is 8.46. The van der Waals surface area contributed by atoms with E-state index in [4.69, 9.17) is 11.1 Å². The van der Waals surface area contributed by atoms with Crippen molar-refractivity contribution >= 4 is 5.84 Å². The van der Waals surface area contributed by atoms with Crippen LogP contribution in [0.4, 0.5) is 0 Å².